The topological polar surface area (TPSA) is 55.4 Å². The zero-order valence-electron chi connectivity index (χ0n) is 5.31. The summed E-state index contributed by atoms with van der Waals surface area (Å²) in [5.74, 6) is 0. The molecule has 0 aliphatic heterocycles. The monoisotopic (exact) mass is 133 g/mol. The SMILES string of the molecule is N=Cc1cccc2[nH][nH]c12. The molecule has 2 aromatic rings. The highest BCUT2D eigenvalue weighted by atomic mass is 15.1. The summed E-state index contributed by atoms with van der Waals surface area (Å²) in [5, 5.41) is 12.8. The third kappa shape index (κ3) is 0.515. The lowest BCUT2D eigenvalue weighted by atomic mass is 10.2. The third-order valence-electron chi connectivity index (χ3n) is 1.57. The summed E-state index contributed by atoms with van der Waals surface area (Å²) in [4.78, 5) is 0. The number of fused-ring (bicyclic) bond motifs is 1. The van der Waals surface area contributed by atoms with Crippen LogP contribution in [0.25, 0.3) is 11.0 Å². The standard InChI is InChI=1S/C7H7N3/c8-4-5-2-1-3-6-7(5)10-9-6/h1-4,8-10H. The van der Waals surface area contributed by atoms with Crippen molar-refractivity contribution in [1.29, 1.82) is 5.41 Å². The average Bonchev–Trinajstić information content (AvgIpc) is 1.91. The number of aromatic nitrogens is 2. The highest BCUT2D eigenvalue weighted by molar-refractivity contribution is 5.95. The van der Waals surface area contributed by atoms with Gasteiger partial charge in [0.2, 0.25) is 0 Å². The van der Waals surface area contributed by atoms with Crippen LogP contribution in [-0.2, 0) is 0 Å². The average molecular weight is 133 g/mol. The number of H-pyrrole nitrogens is 2. The van der Waals surface area contributed by atoms with E-state index in [9.17, 15) is 0 Å². The maximum absolute atomic E-state index is 7.02. The molecule has 10 heavy (non-hydrogen) atoms. The molecule has 0 radical (unpaired) electrons. The second-order valence-electron chi connectivity index (χ2n) is 2.16. The van der Waals surface area contributed by atoms with Gasteiger partial charge in [0.25, 0.3) is 0 Å². The van der Waals surface area contributed by atoms with Crippen molar-refractivity contribution in [1.82, 2.24) is 10.2 Å². The van der Waals surface area contributed by atoms with Crippen molar-refractivity contribution in [2.75, 3.05) is 0 Å². The fourth-order valence-electron chi connectivity index (χ4n) is 1.00. The number of aromatic amines is 2. The normalized spacial score (nSPS) is 10.4. The Balaban J connectivity index is 2.78. The summed E-state index contributed by atoms with van der Waals surface area (Å²) in [6.45, 7) is 0. The van der Waals surface area contributed by atoms with Gasteiger partial charge in [-0.15, -0.1) is 0 Å². The Morgan fingerprint density at radius 2 is 2.20 bits per heavy atom. The van der Waals surface area contributed by atoms with Gasteiger partial charge in [-0.05, 0) is 6.07 Å². The van der Waals surface area contributed by atoms with Crippen molar-refractivity contribution in [3.05, 3.63) is 23.8 Å². The first-order chi connectivity index (χ1) is 4.92. The minimum atomic E-state index is 0.927. The number of hydrogen-bond donors (Lipinski definition) is 3. The van der Waals surface area contributed by atoms with Gasteiger partial charge in [0.15, 0.2) is 0 Å². The van der Waals surface area contributed by atoms with Crippen LogP contribution >= 0.6 is 0 Å². The molecule has 0 spiro atoms. The molecule has 3 heteroatoms. The predicted octanol–water partition coefficient (Wildman–Crippen LogP) is 1.49. The summed E-state index contributed by atoms with van der Waals surface area (Å²) < 4.78 is 0. The van der Waals surface area contributed by atoms with Crippen LogP contribution in [0.15, 0.2) is 18.2 Å². The molecular weight excluding hydrogens is 126 g/mol. The largest absolute Gasteiger partial charge is 0.308 e. The van der Waals surface area contributed by atoms with E-state index in [1.54, 1.807) is 0 Å². The highest BCUT2D eigenvalue weighted by Gasteiger charge is 1.99. The Labute approximate surface area is 57.6 Å². The maximum atomic E-state index is 7.02. The minimum absolute atomic E-state index is 0.927. The van der Waals surface area contributed by atoms with E-state index in [-0.39, 0.29) is 0 Å². The number of benzene rings is 1. The first-order valence-electron chi connectivity index (χ1n) is 3.07. The van der Waals surface area contributed by atoms with Gasteiger partial charge in [-0.1, -0.05) is 12.1 Å². The van der Waals surface area contributed by atoms with Gasteiger partial charge < -0.3 is 5.41 Å². The lowest BCUT2D eigenvalue weighted by molar-refractivity contribution is 1.07. The molecule has 0 unspecified atom stereocenters. The van der Waals surface area contributed by atoms with Gasteiger partial charge >= 0.3 is 0 Å². The molecule has 0 aliphatic rings. The molecule has 0 bridgehead atoms. The number of hydrogen-bond acceptors (Lipinski definition) is 1. The highest BCUT2D eigenvalue weighted by Crippen LogP contribution is 2.12. The molecule has 0 saturated carbocycles. The van der Waals surface area contributed by atoms with Crippen molar-refractivity contribution >= 4 is 17.2 Å². The predicted molar refractivity (Wildman–Crippen MR) is 40.5 cm³/mol. The Morgan fingerprint density at radius 1 is 1.30 bits per heavy atom. The lowest BCUT2D eigenvalue weighted by Crippen LogP contribution is -1.94. The molecule has 0 aliphatic carbocycles. The van der Waals surface area contributed by atoms with Crippen LogP contribution in [0.5, 0.6) is 0 Å². The van der Waals surface area contributed by atoms with Gasteiger partial charge in [0, 0.05) is 11.8 Å². The van der Waals surface area contributed by atoms with Gasteiger partial charge in [0.1, 0.15) is 0 Å². The fourth-order valence-corrected chi connectivity index (χ4v) is 1.00. The van der Waals surface area contributed by atoms with Crippen molar-refractivity contribution in [3.63, 3.8) is 0 Å². The van der Waals surface area contributed by atoms with E-state index in [1.807, 2.05) is 18.2 Å². The molecule has 0 fully saturated rings. The van der Waals surface area contributed by atoms with Crippen LogP contribution in [0.4, 0.5) is 0 Å². The summed E-state index contributed by atoms with van der Waals surface area (Å²) in [7, 11) is 0. The zero-order chi connectivity index (χ0) is 6.97. The van der Waals surface area contributed by atoms with Crippen LogP contribution in [-0.4, -0.2) is 16.4 Å². The van der Waals surface area contributed by atoms with Crippen LogP contribution in [0, 0.1) is 5.41 Å². The van der Waals surface area contributed by atoms with Crippen LogP contribution in [0.1, 0.15) is 5.56 Å². The van der Waals surface area contributed by atoms with Crippen molar-refractivity contribution in [3.8, 4) is 0 Å². The second kappa shape index (κ2) is 1.73. The second-order valence-corrected chi connectivity index (χ2v) is 2.16. The van der Waals surface area contributed by atoms with Gasteiger partial charge in [-0.3, -0.25) is 10.2 Å². The molecule has 3 nitrogen and oxygen atoms in total. The maximum Gasteiger partial charge on any atom is 0.0876 e. The van der Waals surface area contributed by atoms with Crippen LogP contribution < -0.4 is 0 Å². The Hall–Kier alpha value is -1.51. The Kier molecular flexibility index (Phi) is 0.917. The van der Waals surface area contributed by atoms with E-state index >= 15 is 0 Å². The van der Waals surface area contributed by atoms with Gasteiger partial charge in [-0.25, -0.2) is 0 Å². The van der Waals surface area contributed by atoms with E-state index in [0.717, 1.165) is 16.6 Å². The summed E-state index contributed by atoms with van der Waals surface area (Å²) >= 11 is 0. The van der Waals surface area contributed by atoms with E-state index in [4.69, 9.17) is 5.41 Å². The Bertz CT molecular complexity index is 355. The first-order valence-corrected chi connectivity index (χ1v) is 3.07. The number of para-hydroxylation sites is 1. The molecule has 0 amide bonds. The van der Waals surface area contributed by atoms with Crippen molar-refractivity contribution < 1.29 is 0 Å². The molecule has 0 saturated heterocycles. The molecule has 0 atom stereocenters. The van der Waals surface area contributed by atoms with E-state index < -0.39 is 0 Å². The molecule has 50 valence electrons. The Morgan fingerprint density at radius 3 is 2.70 bits per heavy atom. The molecule has 1 heterocycles. The van der Waals surface area contributed by atoms with Crippen LogP contribution in [0.3, 0.4) is 0 Å². The molecule has 1 aromatic heterocycles. The quantitative estimate of drug-likeness (QED) is 0.494. The van der Waals surface area contributed by atoms with E-state index in [2.05, 4.69) is 10.2 Å². The summed E-state index contributed by atoms with van der Waals surface area (Å²) in [6.07, 6.45) is 1.34. The lowest BCUT2D eigenvalue weighted by Gasteiger charge is -2.04. The molecule has 2 rings (SSSR count). The molecule has 3 N–H and O–H groups in total. The summed E-state index contributed by atoms with van der Waals surface area (Å²) in [5.41, 5.74) is 3.02. The number of nitrogens with one attached hydrogen (secondary N) is 3. The van der Waals surface area contributed by atoms with Gasteiger partial charge in [-0.2, -0.15) is 0 Å². The van der Waals surface area contributed by atoms with Crippen molar-refractivity contribution in [2.45, 2.75) is 0 Å². The number of rotatable bonds is 1. The van der Waals surface area contributed by atoms with E-state index in [1.165, 1.54) is 6.21 Å². The molecule has 1 aromatic carbocycles. The van der Waals surface area contributed by atoms with Crippen molar-refractivity contribution in [2.24, 2.45) is 0 Å². The fraction of sp³-hybridized carbons (Fsp3) is 0. The smallest absolute Gasteiger partial charge is 0.0876 e. The molecular formula is C7H7N3. The minimum Gasteiger partial charge on any atom is -0.308 e. The van der Waals surface area contributed by atoms with E-state index in [0.29, 0.717) is 0 Å². The summed E-state index contributed by atoms with van der Waals surface area (Å²) in [6, 6.07) is 5.80. The first kappa shape index (κ1) is 5.29. The third-order valence-corrected chi connectivity index (χ3v) is 1.57. The van der Waals surface area contributed by atoms with Crippen LogP contribution in [0.2, 0.25) is 0 Å². The zero-order valence-corrected chi connectivity index (χ0v) is 5.31. The van der Waals surface area contributed by atoms with Gasteiger partial charge in [0.05, 0.1) is 11.0 Å².